The third-order valence-electron chi connectivity index (χ3n) is 2.82. The summed E-state index contributed by atoms with van der Waals surface area (Å²) in [6, 6.07) is 14.6. The summed E-state index contributed by atoms with van der Waals surface area (Å²) in [4.78, 5) is 4.32. The number of hydrogen-bond donors (Lipinski definition) is 2. The van der Waals surface area contributed by atoms with E-state index in [1.807, 2.05) is 19.1 Å². The van der Waals surface area contributed by atoms with Crippen LogP contribution in [0.1, 0.15) is 12.5 Å². The van der Waals surface area contributed by atoms with E-state index in [4.69, 9.17) is 5.73 Å². The predicted molar refractivity (Wildman–Crippen MR) is 82.1 cm³/mol. The lowest BCUT2D eigenvalue weighted by Gasteiger charge is -2.05. The minimum atomic E-state index is 0.455. The summed E-state index contributed by atoms with van der Waals surface area (Å²) in [5, 5.41) is 5.48. The van der Waals surface area contributed by atoms with E-state index in [0.29, 0.717) is 19.0 Å². The topological polar surface area (TPSA) is 50.4 Å². The van der Waals surface area contributed by atoms with Crippen LogP contribution in [0, 0.1) is 0 Å². The zero-order valence-corrected chi connectivity index (χ0v) is 11.2. The van der Waals surface area contributed by atoms with E-state index in [9.17, 15) is 0 Å². The molecular weight excluding hydrogens is 234 g/mol. The Balaban J connectivity index is 2.04. The van der Waals surface area contributed by atoms with E-state index >= 15 is 0 Å². The third-order valence-corrected chi connectivity index (χ3v) is 2.82. The number of rotatable bonds is 4. The molecule has 0 atom stereocenters. The second-order valence-corrected chi connectivity index (χ2v) is 4.69. The molecule has 0 aromatic heterocycles. The molecule has 0 bridgehead atoms. The summed E-state index contributed by atoms with van der Waals surface area (Å²) >= 11 is 0. The van der Waals surface area contributed by atoms with Gasteiger partial charge in [-0.15, -0.1) is 0 Å². The van der Waals surface area contributed by atoms with Crippen molar-refractivity contribution in [1.82, 2.24) is 5.32 Å². The Labute approximate surface area is 113 Å². The fraction of sp³-hybridized carbons (Fsp3) is 0.188. The molecule has 0 saturated carbocycles. The van der Waals surface area contributed by atoms with Crippen LogP contribution in [-0.4, -0.2) is 12.5 Å². The van der Waals surface area contributed by atoms with Gasteiger partial charge in [0.25, 0.3) is 0 Å². The van der Waals surface area contributed by atoms with Crippen molar-refractivity contribution in [1.29, 1.82) is 0 Å². The summed E-state index contributed by atoms with van der Waals surface area (Å²) in [6.45, 7) is 7.00. The summed E-state index contributed by atoms with van der Waals surface area (Å²) in [7, 11) is 0. The molecule has 3 heteroatoms. The first-order valence-corrected chi connectivity index (χ1v) is 6.31. The van der Waals surface area contributed by atoms with Gasteiger partial charge in [0, 0.05) is 6.54 Å². The molecule has 0 radical (unpaired) electrons. The van der Waals surface area contributed by atoms with Crippen molar-refractivity contribution < 1.29 is 0 Å². The van der Waals surface area contributed by atoms with Crippen LogP contribution < -0.4 is 11.1 Å². The Kier molecular flexibility index (Phi) is 4.18. The van der Waals surface area contributed by atoms with E-state index in [2.05, 4.69) is 47.2 Å². The lowest BCUT2D eigenvalue weighted by atomic mass is 10.1. The molecule has 0 fully saturated rings. The normalized spacial score (nSPS) is 11.5. The highest BCUT2D eigenvalue weighted by atomic mass is 15.1. The standard InChI is InChI=1S/C16H19N3/c1-12(2)10-18-16(17)19-11-13-7-8-14-5-3-4-6-15(14)9-13/h3-9H,1,10-11H2,2H3,(H3,17,18,19). The van der Waals surface area contributed by atoms with Crippen LogP contribution in [0.3, 0.4) is 0 Å². The van der Waals surface area contributed by atoms with E-state index < -0.39 is 0 Å². The summed E-state index contributed by atoms with van der Waals surface area (Å²) < 4.78 is 0. The van der Waals surface area contributed by atoms with Crippen LogP contribution in [0.4, 0.5) is 0 Å². The first kappa shape index (κ1) is 13.1. The average Bonchev–Trinajstić information content (AvgIpc) is 2.42. The lowest BCUT2D eigenvalue weighted by Crippen LogP contribution is -2.32. The molecule has 0 aliphatic heterocycles. The number of nitrogens with zero attached hydrogens (tertiary/aromatic N) is 1. The number of nitrogens with one attached hydrogen (secondary N) is 1. The third kappa shape index (κ3) is 3.85. The fourth-order valence-corrected chi connectivity index (χ4v) is 1.81. The second kappa shape index (κ2) is 6.05. The van der Waals surface area contributed by atoms with Gasteiger partial charge in [-0.25, -0.2) is 4.99 Å². The largest absolute Gasteiger partial charge is 0.370 e. The molecule has 0 aliphatic rings. The summed E-state index contributed by atoms with van der Waals surface area (Å²) in [5.41, 5.74) is 7.96. The van der Waals surface area contributed by atoms with Gasteiger partial charge >= 0.3 is 0 Å². The van der Waals surface area contributed by atoms with Gasteiger partial charge in [-0.1, -0.05) is 48.6 Å². The number of hydrogen-bond acceptors (Lipinski definition) is 1. The summed E-state index contributed by atoms with van der Waals surface area (Å²) in [5.74, 6) is 0.455. The summed E-state index contributed by atoms with van der Waals surface area (Å²) in [6.07, 6.45) is 0. The zero-order chi connectivity index (χ0) is 13.7. The number of benzene rings is 2. The van der Waals surface area contributed by atoms with Gasteiger partial charge in [-0.3, -0.25) is 0 Å². The molecule has 0 saturated heterocycles. The lowest BCUT2D eigenvalue weighted by molar-refractivity contribution is 0.941. The molecular formula is C16H19N3. The number of fused-ring (bicyclic) bond motifs is 1. The van der Waals surface area contributed by atoms with Crippen LogP contribution in [0.25, 0.3) is 10.8 Å². The molecule has 0 unspecified atom stereocenters. The predicted octanol–water partition coefficient (Wildman–Crippen LogP) is 2.82. The van der Waals surface area contributed by atoms with Crippen LogP contribution >= 0.6 is 0 Å². The Hall–Kier alpha value is -2.29. The fourth-order valence-electron chi connectivity index (χ4n) is 1.81. The van der Waals surface area contributed by atoms with Crippen molar-refractivity contribution in [2.45, 2.75) is 13.5 Å². The van der Waals surface area contributed by atoms with Crippen molar-refractivity contribution in [2.24, 2.45) is 10.7 Å². The van der Waals surface area contributed by atoms with Crippen molar-refractivity contribution in [3.05, 3.63) is 60.2 Å². The maximum atomic E-state index is 5.78. The first-order valence-electron chi connectivity index (χ1n) is 6.31. The molecule has 0 heterocycles. The zero-order valence-electron chi connectivity index (χ0n) is 11.2. The van der Waals surface area contributed by atoms with Gasteiger partial charge in [0.15, 0.2) is 5.96 Å². The van der Waals surface area contributed by atoms with Gasteiger partial charge in [-0.2, -0.15) is 0 Å². The Morgan fingerprint density at radius 3 is 2.68 bits per heavy atom. The van der Waals surface area contributed by atoms with E-state index in [0.717, 1.165) is 11.1 Å². The molecule has 98 valence electrons. The van der Waals surface area contributed by atoms with Gasteiger partial charge in [0.05, 0.1) is 6.54 Å². The first-order chi connectivity index (χ1) is 9.15. The van der Waals surface area contributed by atoms with Crippen molar-refractivity contribution in [3.63, 3.8) is 0 Å². The smallest absolute Gasteiger partial charge is 0.189 e. The molecule has 3 nitrogen and oxygen atoms in total. The van der Waals surface area contributed by atoms with E-state index in [1.54, 1.807) is 0 Å². The van der Waals surface area contributed by atoms with Crippen LogP contribution in [0.5, 0.6) is 0 Å². The number of nitrogens with two attached hydrogens (primary N) is 1. The maximum Gasteiger partial charge on any atom is 0.189 e. The van der Waals surface area contributed by atoms with Gasteiger partial charge in [0.2, 0.25) is 0 Å². The monoisotopic (exact) mass is 253 g/mol. The molecule has 2 aromatic rings. The highest BCUT2D eigenvalue weighted by Gasteiger charge is 1.96. The Bertz CT molecular complexity index is 614. The Morgan fingerprint density at radius 1 is 1.21 bits per heavy atom. The number of guanidine groups is 1. The molecule has 2 aromatic carbocycles. The highest BCUT2D eigenvalue weighted by molar-refractivity contribution is 5.83. The average molecular weight is 253 g/mol. The van der Waals surface area contributed by atoms with Crippen molar-refractivity contribution in [3.8, 4) is 0 Å². The van der Waals surface area contributed by atoms with Crippen LogP contribution in [-0.2, 0) is 6.54 Å². The quantitative estimate of drug-likeness (QED) is 0.500. The molecule has 3 N–H and O–H groups in total. The van der Waals surface area contributed by atoms with Gasteiger partial charge in [0.1, 0.15) is 0 Å². The Morgan fingerprint density at radius 2 is 1.95 bits per heavy atom. The van der Waals surface area contributed by atoms with Crippen molar-refractivity contribution >= 4 is 16.7 Å². The molecule has 19 heavy (non-hydrogen) atoms. The van der Waals surface area contributed by atoms with Crippen LogP contribution in [0.15, 0.2) is 59.6 Å². The SMILES string of the molecule is C=C(C)CNC(N)=NCc1ccc2ccccc2c1. The second-order valence-electron chi connectivity index (χ2n) is 4.69. The van der Waals surface area contributed by atoms with Gasteiger partial charge < -0.3 is 11.1 Å². The van der Waals surface area contributed by atoms with Crippen molar-refractivity contribution in [2.75, 3.05) is 6.54 Å². The van der Waals surface area contributed by atoms with Crippen LogP contribution in [0.2, 0.25) is 0 Å². The highest BCUT2D eigenvalue weighted by Crippen LogP contribution is 2.15. The van der Waals surface area contributed by atoms with E-state index in [-0.39, 0.29) is 0 Å². The number of aliphatic imine (C=N–C) groups is 1. The molecule has 0 spiro atoms. The molecule has 0 aliphatic carbocycles. The maximum absolute atomic E-state index is 5.78. The minimum absolute atomic E-state index is 0.455. The van der Waals surface area contributed by atoms with E-state index in [1.165, 1.54) is 10.8 Å². The molecule has 2 rings (SSSR count). The van der Waals surface area contributed by atoms with Gasteiger partial charge in [-0.05, 0) is 29.3 Å². The minimum Gasteiger partial charge on any atom is -0.370 e. The molecule has 0 amide bonds.